The molecule has 149 valence electrons. The minimum Gasteiger partial charge on any atom is -0.0642 e. The molecule has 0 heteroatoms. The van der Waals surface area contributed by atoms with Crippen molar-refractivity contribution in [2.45, 2.75) is 85.5 Å². The van der Waals surface area contributed by atoms with Gasteiger partial charge in [-0.15, -0.1) is 0 Å². The van der Waals surface area contributed by atoms with Gasteiger partial charge < -0.3 is 0 Å². The summed E-state index contributed by atoms with van der Waals surface area (Å²) in [5.41, 5.74) is 11.4. The Morgan fingerprint density at radius 3 is 1.64 bits per heavy atom. The van der Waals surface area contributed by atoms with Gasteiger partial charge in [0.1, 0.15) is 0 Å². The Morgan fingerprint density at radius 1 is 0.643 bits per heavy atom. The Hall–Kier alpha value is -1.82. The molecule has 0 aliphatic heterocycles. The highest BCUT2D eigenvalue weighted by Crippen LogP contribution is 2.43. The number of hydrogen-bond donors (Lipinski definition) is 0. The minimum absolute atomic E-state index is 0.0916. The highest BCUT2D eigenvalue weighted by Gasteiger charge is 2.27. The third kappa shape index (κ3) is 3.97. The fourth-order valence-electron chi connectivity index (χ4n) is 4.01. The molecule has 2 aromatic rings. The molecule has 0 unspecified atom stereocenters. The van der Waals surface area contributed by atoms with Crippen molar-refractivity contribution in [2.24, 2.45) is 0 Å². The van der Waals surface area contributed by atoms with Crippen molar-refractivity contribution in [2.75, 3.05) is 0 Å². The van der Waals surface area contributed by atoms with Crippen molar-refractivity contribution in [3.05, 3.63) is 70.1 Å². The Morgan fingerprint density at radius 2 is 1.18 bits per heavy atom. The van der Waals surface area contributed by atoms with E-state index in [4.69, 9.17) is 0 Å². The Balaban J connectivity index is 2.40. The first kappa shape index (κ1) is 20.9. The second-order valence-electron chi connectivity index (χ2n) is 11.6. The molecule has 0 bridgehead atoms. The zero-order valence-corrected chi connectivity index (χ0v) is 19.5. The first-order chi connectivity index (χ1) is 12.7. The van der Waals surface area contributed by atoms with E-state index in [1.165, 1.54) is 44.5 Å². The number of benzene rings is 2. The largest absolute Gasteiger partial charge is 0.0642 e. The van der Waals surface area contributed by atoms with Crippen LogP contribution in [0, 0.1) is 6.42 Å². The first-order valence-electron chi connectivity index (χ1n) is 10.5. The summed E-state index contributed by atoms with van der Waals surface area (Å²) in [5, 5.41) is 0. The summed E-state index contributed by atoms with van der Waals surface area (Å²) in [6.45, 7) is 23.1. The molecule has 0 saturated heterocycles. The average Bonchev–Trinajstić information content (AvgIpc) is 2.91. The molecule has 3 rings (SSSR count). The number of allylic oxidation sites excluding steroid dienone is 1. The molecule has 1 aliphatic carbocycles. The molecule has 1 aliphatic rings. The number of fused-ring (bicyclic) bond motifs is 1. The number of hydrogen-bond acceptors (Lipinski definition) is 0. The van der Waals surface area contributed by atoms with Gasteiger partial charge in [-0.05, 0) is 62.1 Å². The molecular formula is C28H37. The molecule has 0 amide bonds. The molecule has 0 atom stereocenters. The van der Waals surface area contributed by atoms with Gasteiger partial charge in [0, 0.05) is 6.42 Å². The predicted octanol–water partition coefficient (Wildman–Crippen LogP) is 8.22. The lowest BCUT2D eigenvalue weighted by atomic mass is 9.75. The lowest BCUT2D eigenvalue weighted by Gasteiger charge is -2.29. The van der Waals surface area contributed by atoms with Gasteiger partial charge in [-0.3, -0.25) is 0 Å². The van der Waals surface area contributed by atoms with Crippen LogP contribution in [0.5, 0.6) is 0 Å². The van der Waals surface area contributed by atoms with Gasteiger partial charge in [0.2, 0.25) is 0 Å². The molecule has 0 N–H and O–H groups in total. The van der Waals surface area contributed by atoms with Crippen LogP contribution in [0.3, 0.4) is 0 Å². The van der Waals surface area contributed by atoms with Gasteiger partial charge in [0.15, 0.2) is 0 Å². The Bertz CT molecular complexity index is 899. The Kier molecular flexibility index (Phi) is 4.94. The average molecular weight is 374 g/mol. The summed E-state index contributed by atoms with van der Waals surface area (Å²) < 4.78 is 0. The maximum atomic E-state index is 2.43. The van der Waals surface area contributed by atoms with Crippen molar-refractivity contribution in [3.63, 3.8) is 0 Å². The maximum absolute atomic E-state index is 2.43. The van der Waals surface area contributed by atoms with Crippen LogP contribution in [0.1, 0.15) is 97.1 Å². The van der Waals surface area contributed by atoms with E-state index in [2.05, 4.69) is 112 Å². The molecule has 0 spiro atoms. The zero-order valence-electron chi connectivity index (χ0n) is 19.5. The summed E-state index contributed by atoms with van der Waals surface area (Å²) in [6.07, 6.45) is 4.67. The van der Waals surface area contributed by atoms with E-state index in [1.807, 2.05) is 0 Å². The molecule has 1 radical (unpaired) electrons. The molecule has 2 aromatic carbocycles. The quantitative estimate of drug-likeness (QED) is 0.472. The van der Waals surface area contributed by atoms with Gasteiger partial charge >= 0.3 is 0 Å². The maximum Gasteiger partial charge on any atom is 0.0161 e. The van der Waals surface area contributed by atoms with Gasteiger partial charge in [-0.1, -0.05) is 104 Å². The summed E-state index contributed by atoms with van der Waals surface area (Å²) in [6, 6.07) is 11.9. The van der Waals surface area contributed by atoms with E-state index in [0.717, 1.165) is 0 Å². The van der Waals surface area contributed by atoms with Crippen molar-refractivity contribution in [1.29, 1.82) is 0 Å². The van der Waals surface area contributed by atoms with Crippen LogP contribution >= 0.6 is 0 Å². The van der Waals surface area contributed by atoms with E-state index in [9.17, 15) is 0 Å². The van der Waals surface area contributed by atoms with Gasteiger partial charge in [-0.2, -0.15) is 0 Å². The summed E-state index contributed by atoms with van der Waals surface area (Å²) in [7, 11) is 0. The lowest BCUT2D eigenvalue weighted by molar-refractivity contribution is 0.568. The van der Waals surface area contributed by atoms with Crippen LogP contribution in [-0.4, -0.2) is 0 Å². The summed E-state index contributed by atoms with van der Waals surface area (Å²) in [4.78, 5) is 0. The standard InChI is InChI=1S/C28H37/c1-18-13-19-11-12-24(28(8,9)10)25(23(19)14-18)20-15-21(26(2,3)4)17-22(16-20)27(5,6)7/h11-17H,1-10H3. The second kappa shape index (κ2) is 6.61. The second-order valence-corrected chi connectivity index (χ2v) is 11.6. The van der Waals surface area contributed by atoms with E-state index < -0.39 is 0 Å². The van der Waals surface area contributed by atoms with E-state index in [1.54, 1.807) is 0 Å². The third-order valence-electron chi connectivity index (χ3n) is 5.80. The van der Waals surface area contributed by atoms with Crippen molar-refractivity contribution < 1.29 is 0 Å². The van der Waals surface area contributed by atoms with Crippen LogP contribution < -0.4 is 0 Å². The van der Waals surface area contributed by atoms with E-state index in [-0.39, 0.29) is 16.2 Å². The smallest absolute Gasteiger partial charge is 0.0161 e. The highest BCUT2D eigenvalue weighted by atomic mass is 14.3. The highest BCUT2D eigenvalue weighted by molar-refractivity contribution is 5.86. The molecule has 0 heterocycles. The van der Waals surface area contributed by atoms with Crippen molar-refractivity contribution in [1.82, 2.24) is 0 Å². The monoisotopic (exact) mass is 373 g/mol. The molecule has 0 fully saturated rings. The Labute approximate surface area is 173 Å². The van der Waals surface area contributed by atoms with Crippen molar-refractivity contribution >= 4 is 6.08 Å². The summed E-state index contributed by atoms with van der Waals surface area (Å²) in [5.74, 6) is 0. The lowest BCUT2D eigenvalue weighted by Crippen LogP contribution is -2.18. The normalized spacial score (nSPS) is 14.9. The zero-order chi connectivity index (χ0) is 21.1. The molecule has 0 nitrogen and oxygen atoms in total. The summed E-state index contributed by atoms with van der Waals surface area (Å²) >= 11 is 0. The topological polar surface area (TPSA) is 0 Å². The minimum atomic E-state index is 0.0916. The molecule has 0 aromatic heterocycles. The number of rotatable bonds is 1. The first-order valence-corrected chi connectivity index (χ1v) is 10.5. The van der Waals surface area contributed by atoms with Gasteiger partial charge in [-0.25, -0.2) is 0 Å². The molecular weight excluding hydrogens is 336 g/mol. The fraction of sp³-hybridized carbons (Fsp3) is 0.464. The van der Waals surface area contributed by atoms with Crippen LogP contribution in [0.2, 0.25) is 0 Å². The third-order valence-corrected chi connectivity index (χ3v) is 5.80. The van der Waals surface area contributed by atoms with Crippen LogP contribution in [-0.2, 0) is 16.2 Å². The van der Waals surface area contributed by atoms with Gasteiger partial charge in [0.25, 0.3) is 0 Å². The van der Waals surface area contributed by atoms with Crippen LogP contribution in [0.25, 0.3) is 17.2 Å². The van der Waals surface area contributed by atoms with Gasteiger partial charge in [0.05, 0.1) is 0 Å². The van der Waals surface area contributed by atoms with E-state index >= 15 is 0 Å². The predicted molar refractivity (Wildman–Crippen MR) is 125 cm³/mol. The molecule has 28 heavy (non-hydrogen) atoms. The fourth-order valence-corrected chi connectivity index (χ4v) is 4.01. The van der Waals surface area contributed by atoms with Crippen LogP contribution in [0.15, 0.2) is 35.9 Å². The van der Waals surface area contributed by atoms with Crippen LogP contribution in [0.4, 0.5) is 0 Å². The van der Waals surface area contributed by atoms with Crippen molar-refractivity contribution in [3.8, 4) is 11.1 Å². The van der Waals surface area contributed by atoms with E-state index in [0.29, 0.717) is 0 Å². The SMILES string of the molecule is CC1=Cc2c(ccc(C(C)(C)C)c2-c2cc(C(C)(C)C)cc(C(C)(C)C)c2)[CH]1. The molecule has 0 saturated carbocycles.